The van der Waals surface area contributed by atoms with Crippen LogP contribution < -0.4 is 5.32 Å². The quantitative estimate of drug-likeness (QED) is 0.615. The molecule has 0 bridgehead atoms. The molecule has 27 heavy (non-hydrogen) atoms. The first kappa shape index (κ1) is 21.0. The highest BCUT2D eigenvalue weighted by Crippen LogP contribution is 2.38. The van der Waals surface area contributed by atoms with Gasteiger partial charge in [-0.3, -0.25) is 9.59 Å². The number of carbonyl (C=O) groups is 2. The third-order valence-electron chi connectivity index (χ3n) is 5.04. The monoisotopic (exact) mass is 365 g/mol. The molecule has 3 nitrogen and oxygen atoms in total. The second kappa shape index (κ2) is 8.13. The average molecular weight is 366 g/mol. The fourth-order valence-corrected chi connectivity index (χ4v) is 4.11. The maximum atomic E-state index is 13.1. The molecular weight excluding hydrogens is 334 g/mol. The third-order valence-corrected chi connectivity index (χ3v) is 5.04. The molecular formula is C24H31NO2. The number of hydrogen-bond donors (Lipinski definition) is 1. The summed E-state index contributed by atoms with van der Waals surface area (Å²) in [5.41, 5.74) is 4.44. The van der Waals surface area contributed by atoms with Gasteiger partial charge < -0.3 is 5.32 Å². The predicted octanol–water partition coefficient (Wildman–Crippen LogP) is 4.54. The topological polar surface area (TPSA) is 46.2 Å². The third kappa shape index (κ3) is 4.89. The molecule has 0 saturated heterocycles. The molecule has 1 aliphatic rings. The van der Waals surface area contributed by atoms with Gasteiger partial charge in [0.25, 0.3) is 0 Å². The molecule has 1 N–H and O–H groups in total. The summed E-state index contributed by atoms with van der Waals surface area (Å²) in [6, 6.07) is 4.09. The van der Waals surface area contributed by atoms with Crippen LogP contribution in [-0.4, -0.2) is 17.1 Å². The van der Waals surface area contributed by atoms with E-state index in [0.717, 1.165) is 34.4 Å². The summed E-state index contributed by atoms with van der Waals surface area (Å²) in [5.74, 6) is 5.35. The van der Waals surface area contributed by atoms with Gasteiger partial charge in [-0.2, -0.15) is 0 Å². The van der Waals surface area contributed by atoms with Gasteiger partial charge in [0, 0.05) is 24.5 Å². The van der Waals surface area contributed by atoms with Crippen LogP contribution in [0.5, 0.6) is 0 Å². The van der Waals surface area contributed by atoms with Gasteiger partial charge in [-0.1, -0.05) is 37.1 Å². The number of hydrogen-bond acceptors (Lipinski definition) is 3. The lowest BCUT2D eigenvalue weighted by molar-refractivity contribution is -0.124. The summed E-state index contributed by atoms with van der Waals surface area (Å²) in [6.45, 7) is 16.1. The number of aryl methyl sites for hydroxylation is 3. The van der Waals surface area contributed by atoms with Gasteiger partial charge in [0.2, 0.25) is 0 Å². The second-order valence-corrected chi connectivity index (χ2v) is 8.23. The van der Waals surface area contributed by atoms with Gasteiger partial charge in [-0.25, -0.2) is 0 Å². The fourth-order valence-electron chi connectivity index (χ4n) is 4.11. The number of carbonyl (C=O) groups excluding carboxylic acids is 2. The van der Waals surface area contributed by atoms with Crippen molar-refractivity contribution in [2.45, 2.75) is 72.3 Å². The van der Waals surface area contributed by atoms with Crippen molar-refractivity contribution in [3.05, 3.63) is 46.7 Å². The lowest BCUT2D eigenvalue weighted by Crippen LogP contribution is -2.37. The van der Waals surface area contributed by atoms with Crippen LogP contribution in [0.4, 0.5) is 0 Å². The first-order chi connectivity index (χ1) is 12.6. The van der Waals surface area contributed by atoms with Crippen molar-refractivity contribution in [2.75, 3.05) is 0 Å². The van der Waals surface area contributed by atoms with Crippen LogP contribution in [0.25, 0.3) is 0 Å². The van der Waals surface area contributed by atoms with E-state index >= 15 is 0 Å². The lowest BCUT2D eigenvalue weighted by atomic mass is 9.86. The molecule has 1 aliphatic carbocycles. The summed E-state index contributed by atoms with van der Waals surface area (Å²) in [6.07, 6.45) is 1.56. The molecule has 2 atom stereocenters. The zero-order valence-electron chi connectivity index (χ0n) is 17.5. The van der Waals surface area contributed by atoms with Crippen LogP contribution in [0.3, 0.4) is 0 Å². The van der Waals surface area contributed by atoms with Crippen molar-refractivity contribution in [3.63, 3.8) is 0 Å². The van der Waals surface area contributed by atoms with Gasteiger partial charge in [0.05, 0.1) is 5.54 Å². The Morgan fingerprint density at radius 3 is 2.37 bits per heavy atom. The largest absolute Gasteiger partial charge is 0.373 e. The first-order valence-corrected chi connectivity index (χ1v) is 9.66. The Morgan fingerprint density at radius 1 is 1.22 bits per heavy atom. The van der Waals surface area contributed by atoms with Crippen molar-refractivity contribution in [1.82, 2.24) is 5.32 Å². The van der Waals surface area contributed by atoms with E-state index in [9.17, 15) is 9.59 Å². The van der Waals surface area contributed by atoms with Gasteiger partial charge in [0.15, 0.2) is 5.78 Å². The van der Waals surface area contributed by atoms with Crippen molar-refractivity contribution in [1.29, 1.82) is 0 Å². The summed E-state index contributed by atoms with van der Waals surface area (Å²) >= 11 is 0. The van der Waals surface area contributed by atoms with E-state index in [-0.39, 0.29) is 23.9 Å². The minimum absolute atomic E-state index is 0.0236. The highest BCUT2D eigenvalue weighted by Gasteiger charge is 2.43. The van der Waals surface area contributed by atoms with E-state index in [1.807, 2.05) is 53.7 Å². The number of allylic oxidation sites excluding steroid dienone is 1. The summed E-state index contributed by atoms with van der Waals surface area (Å²) in [4.78, 5) is 25.8. The SMILES string of the molecule is C=C(CC1CC(=O)C(c2c(C)cc(C)cc2C)C1=O)NC(C)(C)C#CCC. The van der Waals surface area contributed by atoms with Gasteiger partial charge in [0.1, 0.15) is 11.7 Å². The van der Waals surface area contributed by atoms with E-state index in [1.54, 1.807) is 0 Å². The molecule has 0 aliphatic heterocycles. The van der Waals surface area contributed by atoms with Crippen LogP contribution in [0, 0.1) is 38.5 Å². The molecule has 1 aromatic carbocycles. The maximum Gasteiger partial charge on any atom is 0.151 e. The average Bonchev–Trinajstić information content (AvgIpc) is 2.79. The number of rotatable bonds is 5. The molecule has 3 heteroatoms. The Labute approximate surface area is 163 Å². The van der Waals surface area contributed by atoms with Gasteiger partial charge in [-0.05, 0) is 57.7 Å². The number of Topliss-reactive ketones (excluding diaryl/α,β-unsaturated/α-hetero) is 2. The Hall–Kier alpha value is -2.34. The van der Waals surface area contributed by atoms with Crippen molar-refractivity contribution >= 4 is 11.6 Å². The van der Waals surface area contributed by atoms with Crippen LogP contribution in [0.2, 0.25) is 0 Å². The molecule has 144 valence electrons. The van der Waals surface area contributed by atoms with Gasteiger partial charge in [-0.15, -0.1) is 5.92 Å². The van der Waals surface area contributed by atoms with E-state index in [1.165, 1.54) is 0 Å². The molecule has 1 fully saturated rings. The normalized spacial score (nSPS) is 19.6. The molecule has 0 aromatic heterocycles. The maximum absolute atomic E-state index is 13.1. The molecule has 0 amide bonds. The first-order valence-electron chi connectivity index (χ1n) is 9.66. The second-order valence-electron chi connectivity index (χ2n) is 8.23. The summed E-state index contributed by atoms with van der Waals surface area (Å²) in [7, 11) is 0. The summed E-state index contributed by atoms with van der Waals surface area (Å²) in [5, 5.41) is 3.31. The Kier molecular flexibility index (Phi) is 6.31. The smallest absolute Gasteiger partial charge is 0.151 e. The van der Waals surface area contributed by atoms with Crippen LogP contribution >= 0.6 is 0 Å². The number of benzene rings is 1. The van der Waals surface area contributed by atoms with Crippen LogP contribution in [0.15, 0.2) is 24.4 Å². The molecule has 2 rings (SSSR count). The molecule has 0 radical (unpaired) electrons. The minimum atomic E-state index is -0.628. The molecule has 0 heterocycles. The van der Waals surface area contributed by atoms with Crippen molar-refractivity contribution in [2.24, 2.45) is 5.92 Å². The molecule has 1 saturated carbocycles. The fraction of sp³-hybridized carbons (Fsp3) is 0.500. The molecule has 2 unspecified atom stereocenters. The highest BCUT2D eigenvalue weighted by atomic mass is 16.2. The number of ketones is 2. The number of nitrogens with one attached hydrogen (secondary N) is 1. The zero-order chi connectivity index (χ0) is 20.4. The predicted molar refractivity (Wildman–Crippen MR) is 111 cm³/mol. The van der Waals surface area contributed by atoms with Gasteiger partial charge >= 0.3 is 0 Å². The molecule has 0 spiro atoms. The lowest BCUT2D eigenvalue weighted by Gasteiger charge is -2.24. The van der Waals surface area contributed by atoms with E-state index < -0.39 is 11.5 Å². The van der Waals surface area contributed by atoms with E-state index in [2.05, 4.69) is 23.7 Å². The Morgan fingerprint density at radius 2 is 1.81 bits per heavy atom. The van der Waals surface area contributed by atoms with Crippen LogP contribution in [-0.2, 0) is 9.59 Å². The Balaban J connectivity index is 2.16. The highest BCUT2D eigenvalue weighted by molar-refractivity contribution is 6.15. The van der Waals surface area contributed by atoms with Crippen molar-refractivity contribution < 1.29 is 9.59 Å². The van der Waals surface area contributed by atoms with Crippen LogP contribution in [0.1, 0.15) is 68.2 Å². The minimum Gasteiger partial charge on any atom is -0.373 e. The van der Waals surface area contributed by atoms with E-state index in [0.29, 0.717) is 6.42 Å². The van der Waals surface area contributed by atoms with Crippen molar-refractivity contribution in [3.8, 4) is 11.8 Å². The summed E-state index contributed by atoms with van der Waals surface area (Å²) < 4.78 is 0. The van der Waals surface area contributed by atoms with E-state index in [4.69, 9.17) is 0 Å². The zero-order valence-corrected chi connectivity index (χ0v) is 17.5. The Bertz CT molecular complexity index is 813. The molecule has 1 aromatic rings. The standard InChI is InChI=1S/C24H31NO2/c1-8-9-10-24(6,7)25-18(5)13-19-14-20(26)22(23(19)27)21-16(3)11-15(2)12-17(21)4/h11-12,19,22,25H,5,8,13-14H2,1-4,6-7H3.